The zero-order valence-electron chi connectivity index (χ0n) is 10.7. The second-order valence-corrected chi connectivity index (χ2v) is 6.27. The monoisotopic (exact) mass is 324 g/mol. The van der Waals surface area contributed by atoms with E-state index in [0.29, 0.717) is 16.9 Å². The number of likely N-dealkylation sites (tertiary alicyclic amines) is 1. The molecule has 5 heteroatoms. The summed E-state index contributed by atoms with van der Waals surface area (Å²) in [5.74, 6) is 0.870. The average Bonchev–Trinajstić information content (AvgIpc) is 2.36. The summed E-state index contributed by atoms with van der Waals surface area (Å²) >= 11 is 3.25. The van der Waals surface area contributed by atoms with Crippen LogP contribution in [0.25, 0.3) is 0 Å². The maximum Gasteiger partial charge on any atom is 0.262 e. The number of halogens is 1. The third-order valence-corrected chi connectivity index (χ3v) is 5.21. The highest BCUT2D eigenvalue weighted by Gasteiger charge is 2.42. The Balaban J connectivity index is 1.69. The average molecular weight is 325 g/mol. The predicted octanol–water partition coefficient (Wildman–Crippen LogP) is 2.08. The smallest absolute Gasteiger partial charge is 0.262 e. The van der Waals surface area contributed by atoms with Crippen LogP contribution in [-0.2, 0) is 11.2 Å². The highest BCUT2D eigenvalue weighted by Crippen LogP contribution is 2.37. The Morgan fingerprint density at radius 1 is 1.42 bits per heavy atom. The molecule has 0 bridgehead atoms. The summed E-state index contributed by atoms with van der Waals surface area (Å²) in [6, 6.07) is 2.25. The van der Waals surface area contributed by atoms with E-state index in [1.165, 1.54) is 19.3 Å². The summed E-state index contributed by atoms with van der Waals surface area (Å²) < 4.78 is 0.476. The number of H-pyrrole nitrogens is 1. The van der Waals surface area contributed by atoms with E-state index in [9.17, 15) is 9.59 Å². The summed E-state index contributed by atoms with van der Waals surface area (Å²) in [6.45, 7) is 0.907. The Kier molecular flexibility index (Phi) is 3.48. The number of carbonyl (C=O) groups excluding carboxylic acids is 1. The van der Waals surface area contributed by atoms with Crippen molar-refractivity contribution >= 4 is 21.8 Å². The lowest BCUT2D eigenvalue weighted by Gasteiger charge is -2.51. The van der Waals surface area contributed by atoms with Gasteiger partial charge in [-0.3, -0.25) is 9.59 Å². The molecule has 4 nitrogen and oxygen atoms in total. The van der Waals surface area contributed by atoms with Crippen LogP contribution in [0.2, 0.25) is 0 Å². The second-order valence-electron chi connectivity index (χ2n) is 5.48. The van der Waals surface area contributed by atoms with Gasteiger partial charge < -0.3 is 9.88 Å². The number of aromatic amines is 1. The zero-order chi connectivity index (χ0) is 13.4. The van der Waals surface area contributed by atoms with E-state index >= 15 is 0 Å². The van der Waals surface area contributed by atoms with Crippen LogP contribution in [0.3, 0.4) is 0 Å². The van der Waals surface area contributed by atoms with E-state index in [1.54, 1.807) is 12.3 Å². The van der Waals surface area contributed by atoms with E-state index in [0.717, 1.165) is 24.4 Å². The fourth-order valence-electron chi connectivity index (χ4n) is 3.25. The number of rotatable bonds is 2. The molecule has 1 aromatic heterocycles. The molecule has 0 radical (unpaired) electrons. The van der Waals surface area contributed by atoms with Gasteiger partial charge in [0.1, 0.15) is 0 Å². The second kappa shape index (κ2) is 5.12. The number of hydrogen-bond acceptors (Lipinski definition) is 2. The highest BCUT2D eigenvalue weighted by molar-refractivity contribution is 9.10. The van der Waals surface area contributed by atoms with Gasteiger partial charge in [-0.2, -0.15) is 0 Å². The molecule has 2 atom stereocenters. The van der Waals surface area contributed by atoms with Crippen molar-refractivity contribution in [2.45, 2.75) is 38.1 Å². The van der Waals surface area contributed by atoms with Crippen molar-refractivity contribution < 1.29 is 4.79 Å². The van der Waals surface area contributed by atoms with Crippen LogP contribution in [0.4, 0.5) is 0 Å². The van der Waals surface area contributed by atoms with Crippen molar-refractivity contribution in [2.75, 3.05) is 6.54 Å². The number of aromatic nitrogens is 1. The van der Waals surface area contributed by atoms with Gasteiger partial charge in [0.2, 0.25) is 5.91 Å². The molecule has 1 aromatic rings. The molecular formula is C14H17BrN2O2. The summed E-state index contributed by atoms with van der Waals surface area (Å²) in [6.07, 6.45) is 6.86. The lowest BCUT2D eigenvalue weighted by atomic mass is 9.76. The van der Waals surface area contributed by atoms with E-state index in [2.05, 4.69) is 20.9 Å². The van der Waals surface area contributed by atoms with E-state index < -0.39 is 0 Å². The molecule has 1 saturated carbocycles. The van der Waals surface area contributed by atoms with Gasteiger partial charge in [-0.05, 0) is 46.3 Å². The number of fused-ring (bicyclic) bond motifs is 1. The van der Waals surface area contributed by atoms with Gasteiger partial charge in [-0.15, -0.1) is 0 Å². The SMILES string of the molecule is O=C(Cc1cc[nH]c(=O)c1Br)N1C[C@H]2CCCC[C@H]21. The molecule has 0 spiro atoms. The molecule has 1 aliphatic carbocycles. The number of nitrogens with zero attached hydrogens (tertiary/aromatic N) is 1. The molecule has 102 valence electrons. The summed E-state index contributed by atoms with van der Waals surface area (Å²) in [7, 11) is 0. The van der Waals surface area contributed by atoms with Gasteiger partial charge in [-0.1, -0.05) is 12.8 Å². The van der Waals surface area contributed by atoms with Gasteiger partial charge in [0.15, 0.2) is 0 Å². The lowest BCUT2D eigenvalue weighted by Crippen LogP contribution is -2.60. The minimum Gasteiger partial charge on any atom is -0.339 e. The van der Waals surface area contributed by atoms with Gasteiger partial charge in [0.25, 0.3) is 5.56 Å². The molecule has 0 aromatic carbocycles. The third-order valence-electron chi connectivity index (χ3n) is 4.34. The number of hydrogen-bond donors (Lipinski definition) is 1. The number of nitrogens with one attached hydrogen (secondary N) is 1. The van der Waals surface area contributed by atoms with Crippen LogP contribution in [0, 0.1) is 5.92 Å². The molecule has 19 heavy (non-hydrogen) atoms. The maximum atomic E-state index is 12.3. The van der Waals surface area contributed by atoms with Crippen molar-refractivity contribution in [2.24, 2.45) is 5.92 Å². The number of carbonyl (C=O) groups is 1. The molecular weight excluding hydrogens is 308 g/mol. The molecule has 2 fully saturated rings. The third kappa shape index (κ3) is 2.36. The Hall–Kier alpha value is -1.10. The summed E-state index contributed by atoms with van der Waals surface area (Å²) in [4.78, 5) is 28.4. The van der Waals surface area contributed by atoms with Crippen LogP contribution in [0.5, 0.6) is 0 Å². The molecule has 0 unspecified atom stereocenters. The fraction of sp³-hybridized carbons (Fsp3) is 0.571. The van der Waals surface area contributed by atoms with Crippen LogP contribution in [0.1, 0.15) is 31.2 Å². The molecule has 1 saturated heterocycles. The molecule has 1 amide bonds. The van der Waals surface area contributed by atoms with Crippen LogP contribution in [-0.4, -0.2) is 28.4 Å². The van der Waals surface area contributed by atoms with Crippen LogP contribution in [0.15, 0.2) is 21.5 Å². The summed E-state index contributed by atoms with van der Waals surface area (Å²) in [5, 5.41) is 0. The van der Waals surface area contributed by atoms with Crippen LogP contribution < -0.4 is 5.56 Å². The first-order chi connectivity index (χ1) is 9.16. The minimum absolute atomic E-state index is 0.148. The Morgan fingerprint density at radius 3 is 3.00 bits per heavy atom. The first-order valence-corrected chi connectivity index (χ1v) is 7.61. The quantitative estimate of drug-likeness (QED) is 0.905. The van der Waals surface area contributed by atoms with Crippen molar-refractivity contribution in [3.05, 3.63) is 32.7 Å². The molecule has 3 rings (SSSR count). The van der Waals surface area contributed by atoms with Crippen LogP contribution >= 0.6 is 15.9 Å². The molecule has 2 heterocycles. The van der Waals surface area contributed by atoms with E-state index in [1.807, 2.05) is 4.90 Å². The van der Waals surface area contributed by atoms with E-state index in [-0.39, 0.29) is 11.5 Å². The van der Waals surface area contributed by atoms with E-state index in [4.69, 9.17) is 0 Å². The van der Waals surface area contributed by atoms with Gasteiger partial charge in [0.05, 0.1) is 10.9 Å². The first kappa shape index (κ1) is 12.9. The molecule has 1 aliphatic heterocycles. The largest absolute Gasteiger partial charge is 0.339 e. The number of amides is 1. The lowest BCUT2D eigenvalue weighted by molar-refractivity contribution is -0.145. The Morgan fingerprint density at radius 2 is 2.21 bits per heavy atom. The van der Waals surface area contributed by atoms with Crippen molar-refractivity contribution in [1.29, 1.82) is 0 Å². The predicted molar refractivity (Wildman–Crippen MR) is 75.9 cm³/mol. The Bertz CT molecular complexity index is 555. The Labute approximate surface area is 120 Å². The van der Waals surface area contributed by atoms with Gasteiger partial charge >= 0.3 is 0 Å². The zero-order valence-corrected chi connectivity index (χ0v) is 12.3. The molecule has 2 aliphatic rings. The molecule has 1 N–H and O–H groups in total. The van der Waals surface area contributed by atoms with Gasteiger partial charge in [0, 0.05) is 18.8 Å². The normalized spacial score (nSPS) is 25.6. The maximum absolute atomic E-state index is 12.3. The number of pyridine rings is 1. The topological polar surface area (TPSA) is 53.2 Å². The van der Waals surface area contributed by atoms with Gasteiger partial charge in [-0.25, -0.2) is 0 Å². The standard InChI is InChI=1S/C14H17BrN2O2/c15-13-9(5-6-16-14(13)19)7-12(18)17-8-10-3-1-2-4-11(10)17/h5-6,10-11H,1-4,7-8H2,(H,16,19)/t10-,11-/m1/s1. The minimum atomic E-state index is -0.176. The summed E-state index contributed by atoms with van der Waals surface area (Å²) in [5.41, 5.74) is 0.595. The van der Waals surface area contributed by atoms with Crippen molar-refractivity contribution in [3.63, 3.8) is 0 Å². The highest BCUT2D eigenvalue weighted by atomic mass is 79.9. The van der Waals surface area contributed by atoms with Crippen molar-refractivity contribution in [1.82, 2.24) is 9.88 Å². The van der Waals surface area contributed by atoms with Crippen molar-refractivity contribution in [3.8, 4) is 0 Å². The fourth-order valence-corrected chi connectivity index (χ4v) is 3.64. The first-order valence-electron chi connectivity index (χ1n) is 6.82.